The van der Waals surface area contributed by atoms with Crippen molar-refractivity contribution in [2.45, 2.75) is 6.92 Å². The van der Waals surface area contributed by atoms with Gasteiger partial charge in [-0.25, -0.2) is 0 Å². The summed E-state index contributed by atoms with van der Waals surface area (Å²) in [5.41, 5.74) is 8.35. The van der Waals surface area contributed by atoms with Crippen LogP contribution < -0.4 is 5.73 Å². The van der Waals surface area contributed by atoms with Crippen LogP contribution in [0.2, 0.25) is 5.02 Å². The molecule has 0 unspecified atom stereocenters. The molecule has 0 fully saturated rings. The molecule has 0 saturated carbocycles. The molecule has 2 rings (SSSR count). The van der Waals surface area contributed by atoms with Gasteiger partial charge < -0.3 is 5.73 Å². The van der Waals surface area contributed by atoms with E-state index in [2.05, 4.69) is 4.98 Å². The van der Waals surface area contributed by atoms with Crippen LogP contribution >= 0.6 is 11.6 Å². The molecule has 0 atom stereocenters. The van der Waals surface area contributed by atoms with E-state index in [1.807, 2.05) is 19.1 Å². The Morgan fingerprint density at radius 1 is 1.47 bits per heavy atom. The zero-order valence-electron chi connectivity index (χ0n) is 8.08. The standard InChI is InChI=1S/C11H8ClN3/c1-6-2-3-8(12)9-10(14)7(4-13)5-15-11(6)9/h2-3,5H,1H3,(H2,14,15). The molecule has 2 aromatic rings. The molecule has 74 valence electrons. The number of aryl methyl sites for hydroxylation is 1. The molecule has 15 heavy (non-hydrogen) atoms. The first kappa shape index (κ1) is 9.75. The van der Waals surface area contributed by atoms with Crippen molar-refractivity contribution in [3.63, 3.8) is 0 Å². The van der Waals surface area contributed by atoms with E-state index in [9.17, 15) is 0 Å². The summed E-state index contributed by atoms with van der Waals surface area (Å²) in [6, 6.07) is 5.63. The first-order valence-corrected chi connectivity index (χ1v) is 4.76. The first-order chi connectivity index (χ1) is 7.15. The Morgan fingerprint density at radius 2 is 2.20 bits per heavy atom. The number of nitriles is 1. The summed E-state index contributed by atoms with van der Waals surface area (Å²) in [5, 5.41) is 10.0. The molecule has 0 aliphatic carbocycles. The van der Waals surface area contributed by atoms with Crippen LogP contribution in [0.4, 0.5) is 5.69 Å². The summed E-state index contributed by atoms with van der Waals surface area (Å²) in [7, 11) is 0. The Kier molecular flexibility index (Phi) is 2.22. The van der Waals surface area contributed by atoms with Crippen molar-refractivity contribution in [1.29, 1.82) is 5.26 Å². The lowest BCUT2D eigenvalue weighted by molar-refractivity contribution is 1.34. The van der Waals surface area contributed by atoms with Crippen molar-refractivity contribution < 1.29 is 0 Å². The second-order valence-electron chi connectivity index (χ2n) is 3.29. The molecular formula is C11H8ClN3. The predicted octanol–water partition coefficient (Wildman–Crippen LogP) is 2.65. The number of hydrogen-bond acceptors (Lipinski definition) is 3. The van der Waals surface area contributed by atoms with Crippen LogP contribution in [-0.2, 0) is 0 Å². The fourth-order valence-corrected chi connectivity index (χ4v) is 1.77. The van der Waals surface area contributed by atoms with Gasteiger partial charge in [-0.15, -0.1) is 0 Å². The van der Waals surface area contributed by atoms with Crippen LogP contribution in [0, 0.1) is 18.3 Å². The smallest absolute Gasteiger partial charge is 0.103 e. The van der Waals surface area contributed by atoms with Crippen molar-refractivity contribution in [3.8, 4) is 6.07 Å². The molecule has 2 N–H and O–H groups in total. The molecule has 1 heterocycles. The number of halogens is 1. The molecule has 0 aliphatic heterocycles. The Hall–Kier alpha value is -1.79. The summed E-state index contributed by atoms with van der Waals surface area (Å²) in [4.78, 5) is 4.19. The average Bonchev–Trinajstić information content (AvgIpc) is 2.23. The van der Waals surface area contributed by atoms with E-state index in [1.165, 1.54) is 6.20 Å². The molecule has 1 aromatic carbocycles. The van der Waals surface area contributed by atoms with Crippen LogP contribution in [-0.4, -0.2) is 4.98 Å². The van der Waals surface area contributed by atoms with Crippen LogP contribution in [0.5, 0.6) is 0 Å². The maximum atomic E-state index is 8.83. The quantitative estimate of drug-likeness (QED) is 0.738. The number of nitrogen functional groups attached to an aromatic ring is 1. The Morgan fingerprint density at radius 3 is 2.87 bits per heavy atom. The zero-order chi connectivity index (χ0) is 11.0. The topological polar surface area (TPSA) is 62.7 Å². The van der Waals surface area contributed by atoms with E-state index < -0.39 is 0 Å². The second-order valence-corrected chi connectivity index (χ2v) is 3.69. The highest BCUT2D eigenvalue weighted by Crippen LogP contribution is 2.31. The fraction of sp³-hybridized carbons (Fsp3) is 0.0909. The highest BCUT2D eigenvalue weighted by molar-refractivity contribution is 6.36. The summed E-state index contributed by atoms with van der Waals surface area (Å²) in [6.07, 6.45) is 1.47. The molecule has 3 nitrogen and oxygen atoms in total. The minimum atomic E-state index is 0.356. The van der Waals surface area contributed by atoms with Gasteiger partial charge in [0, 0.05) is 11.6 Å². The van der Waals surface area contributed by atoms with Crippen LogP contribution in [0.25, 0.3) is 10.9 Å². The van der Waals surface area contributed by atoms with Gasteiger partial charge in [-0.1, -0.05) is 17.7 Å². The number of fused-ring (bicyclic) bond motifs is 1. The molecule has 0 radical (unpaired) electrons. The van der Waals surface area contributed by atoms with Crippen molar-refractivity contribution in [1.82, 2.24) is 4.98 Å². The summed E-state index contributed by atoms with van der Waals surface area (Å²) >= 11 is 6.03. The van der Waals surface area contributed by atoms with Gasteiger partial charge >= 0.3 is 0 Å². The summed E-state index contributed by atoms with van der Waals surface area (Å²) in [5.74, 6) is 0. The monoisotopic (exact) mass is 217 g/mol. The van der Waals surface area contributed by atoms with Crippen LogP contribution in [0.3, 0.4) is 0 Å². The van der Waals surface area contributed by atoms with Crippen LogP contribution in [0.15, 0.2) is 18.3 Å². The lowest BCUT2D eigenvalue weighted by Crippen LogP contribution is -1.96. The van der Waals surface area contributed by atoms with Gasteiger partial charge in [-0.3, -0.25) is 4.98 Å². The SMILES string of the molecule is Cc1ccc(Cl)c2c(N)c(C#N)cnc12. The highest BCUT2D eigenvalue weighted by atomic mass is 35.5. The summed E-state index contributed by atoms with van der Waals surface area (Å²) in [6.45, 7) is 1.93. The lowest BCUT2D eigenvalue weighted by Gasteiger charge is -2.07. The third kappa shape index (κ3) is 1.39. The third-order valence-corrected chi connectivity index (χ3v) is 2.65. The number of aromatic nitrogens is 1. The van der Waals surface area contributed by atoms with E-state index in [0.29, 0.717) is 21.7 Å². The van der Waals surface area contributed by atoms with Gasteiger partial charge in [0.1, 0.15) is 6.07 Å². The van der Waals surface area contributed by atoms with E-state index >= 15 is 0 Å². The minimum absolute atomic E-state index is 0.356. The van der Waals surface area contributed by atoms with Crippen molar-refractivity contribution in [2.75, 3.05) is 5.73 Å². The van der Waals surface area contributed by atoms with E-state index in [4.69, 9.17) is 22.6 Å². The predicted molar refractivity (Wildman–Crippen MR) is 60.6 cm³/mol. The molecule has 0 amide bonds. The molecule has 0 spiro atoms. The first-order valence-electron chi connectivity index (χ1n) is 4.38. The second kappa shape index (κ2) is 3.41. The number of nitrogens with zero attached hydrogens (tertiary/aromatic N) is 2. The van der Waals surface area contributed by atoms with Gasteiger partial charge in [-0.2, -0.15) is 5.26 Å². The van der Waals surface area contributed by atoms with Gasteiger partial charge in [0.2, 0.25) is 0 Å². The minimum Gasteiger partial charge on any atom is -0.397 e. The molecule has 0 saturated heterocycles. The normalized spacial score (nSPS) is 10.2. The van der Waals surface area contributed by atoms with E-state index in [0.717, 1.165) is 11.1 Å². The van der Waals surface area contributed by atoms with Gasteiger partial charge in [-0.05, 0) is 18.6 Å². The Balaban J connectivity index is 3.00. The van der Waals surface area contributed by atoms with Crippen molar-refractivity contribution >= 4 is 28.2 Å². The Labute approximate surface area is 92.1 Å². The maximum absolute atomic E-state index is 8.83. The molecule has 1 aromatic heterocycles. The van der Waals surface area contributed by atoms with Crippen molar-refractivity contribution in [3.05, 3.63) is 34.5 Å². The van der Waals surface area contributed by atoms with Gasteiger partial charge in [0.25, 0.3) is 0 Å². The fourth-order valence-electron chi connectivity index (χ4n) is 1.52. The largest absolute Gasteiger partial charge is 0.397 e. The molecule has 0 bridgehead atoms. The van der Waals surface area contributed by atoms with E-state index in [-0.39, 0.29) is 0 Å². The number of rotatable bonds is 0. The lowest BCUT2D eigenvalue weighted by atomic mass is 10.1. The number of pyridine rings is 1. The third-order valence-electron chi connectivity index (χ3n) is 2.33. The number of benzene rings is 1. The van der Waals surface area contributed by atoms with E-state index in [1.54, 1.807) is 6.07 Å². The number of anilines is 1. The number of nitrogens with two attached hydrogens (primary N) is 1. The number of hydrogen-bond donors (Lipinski definition) is 1. The summed E-state index contributed by atoms with van der Waals surface area (Å²) < 4.78 is 0. The van der Waals surface area contributed by atoms with Crippen LogP contribution in [0.1, 0.15) is 11.1 Å². The zero-order valence-corrected chi connectivity index (χ0v) is 8.84. The molecule has 0 aliphatic rings. The average molecular weight is 218 g/mol. The van der Waals surface area contributed by atoms with Gasteiger partial charge in [0.05, 0.1) is 21.8 Å². The van der Waals surface area contributed by atoms with Crippen molar-refractivity contribution in [2.24, 2.45) is 0 Å². The maximum Gasteiger partial charge on any atom is 0.103 e. The Bertz CT molecular complexity index is 584. The molecular weight excluding hydrogens is 210 g/mol. The highest BCUT2D eigenvalue weighted by Gasteiger charge is 2.10. The molecule has 4 heteroatoms. The van der Waals surface area contributed by atoms with Gasteiger partial charge in [0.15, 0.2) is 0 Å².